The standard InChI is InChI=1S/C19H24N6O2/c1-2-6-25-17-5-4-14(10-16(17)18(22-25)19(26)27)23-7-3-8-24-15(12-23)9-13(11-20)21-24/h9,14H,2-8,10,12H2,1H3,(H,26,27). The van der Waals surface area contributed by atoms with Crippen LogP contribution in [0.25, 0.3) is 0 Å². The maximum absolute atomic E-state index is 11.7. The monoisotopic (exact) mass is 368 g/mol. The van der Waals surface area contributed by atoms with Crippen LogP contribution in [0.1, 0.15) is 59.3 Å². The van der Waals surface area contributed by atoms with Gasteiger partial charge in [-0.1, -0.05) is 6.92 Å². The van der Waals surface area contributed by atoms with Crippen LogP contribution in [0.3, 0.4) is 0 Å². The molecule has 1 atom stereocenters. The smallest absolute Gasteiger partial charge is 0.356 e. The van der Waals surface area contributed by atoms with Gasteiger partial charge in [0.1, 0.15) is 6.07 Å². The van der Waals surface area contributed by atoms with Gasteiger partial charge in [0.2, 0.25) is 0 Å². The Balaban J connectivity index is 1.59. The second-order valence-corrected chi connectivity index (χ2v) is 7.38. The van der Waals surface area contributed by atoms with Gasteiger partial charge in [-0.15, -0.1) is 0 Å². The van der Waals surface area contributed by atoms with Gasteiger partial charge in [0, 0.05) is 43.5 Å². The summed E-state index contributed by atoms with van der Waals surface area (Å²) in [5, 5.41) is 27.4. The molecule has 0 spiro atoms. The van der Waals surface area contributed by atoms with E-state index in [2.05, 4.69) is 28.1 Å². The largest absolute Gasteiger partial charge is 0.476 e. The number of nitriles is 1. The molecule has 142 valence electrons. The lowest BCUT2D eigenvalue weighted by Crippen LogP contribution is -2.39. The number of rotatable bonds is 4. The number of aryl methyl sites for hydroxylation is 2. The predicted molar refractivity (Wildman–Crippen MR) is 97.3 cm³/mol. The van der Waals surface area contributed by atoms with E-state index >= 15 is 0 Å². The lowest BCUT2D eigenvalue weighted by Gasteiger charge is -2.33. The summed E-state index contributed by atoms with van der Waals surface area (Å²) in [6.45, 7) is 5.37. The number of hydrogen-bond acceptors (Lipinski definition) is 5. The summed E-state index contributed by atoms with van der Waals surface area (Å²) in [6.07, 6.45) is 4.50. The highest BCUT2D eigenvalue weighted by molar-refractivity contribution is 5.87. The summed E-state index contributed by atoms with van der Waals surface area (Å²) >= 11 is 0. The summed E-state index contributed by atoms with van der Waals surface area (Å²) in [7, 11) is 0. The van der Waals surface area contributed by atoms with E-state index in [1.54, 1.807) is 0 Å². The maximum Gasteiger partial charge on any atom is 0.356 e. The molecule has 0 aromatic carbocycles. The van der Waals surface area contributed by atoms with Crippen molar-refractivity contribution in [2.75, 3.05) is 6.54 Å². The van der Waals surface area contributed by atoms with E-state index in [-0.39, 0.29) is 5.69 Å². The Morgan fingerprint density at radius 3 is 3.00 bits per heavy atom. The molecule has 0 radical (unpaired) electrons. The molecular weight excluding hydrogens is 344 g/mol. The Morgan fingerprint density at radius 1 is 1.41 bits per heavy atom. The number of fused-ring (bicyclic) bond motifs is 2. The Bertz CT molecular complexity index is 906. The van der Waals surface area contributed by atoms with Crippen molar-refractivity contribution >= 4 is 5.97 Å². The second kappa shape index (κ2) is 7.16. The molecule has 1 unspecified atom stereocenters. The minimum atomic E-state index is -0.936. The molecule has 0 amide bonds. The van der Waals surface area contributed by atoms with E-state index in [0.29, 0.717) is 11.7 Å². The number of aromatic nitrogens is 4. The molecule has 0 saturated heterocycles. The van der Waals surface area contributed by atoms with Crippen LogP contribution in [0.15, 0.2) is 6.07 Å². The van der Waals surface area contributed by atoms with Gasteiger partial charge in [-0.3, -0.25) is 14.3 Å². The lowest BCUT2D eigenvalue weighted by molar-refractivity contribution is 0.0687. The zero-order valence-corrected chi connectivity index (χ0v) is 15.6. The fourth-order valence-electron chi connectivity index (χ4n) is 4.40. The van der Waals surface area contributed by atoms with Crippen molar-refractivity contribution in [1.29, 1.82) is 5.26 Å². The Morgan fingerprint density at radius 2 is 2.26 bits per heavy atom. The van der Waals surface area contributed by atoms with Crippen LogP contribution in [0.4, 0.5) is 0 Å². The summed E-state index contributed by atoms with van der Waals surface area (Å²) in [5.74, 6) is -0.936. The van der Waals surface area contributed by atoms with Crippen LogP contribution >= 0.6 is 0 Å². The Kier molecular flexibility index (Phi) is 4.70. The fraction of sp³-hybridized carbons (Fsp3) is 0.579. The number of nitrogens with zero attached hydrogens (tertiary/aromatic N) is 6. The first kappa shape index (κ1) is 17.7. The van der Waals surface area contributed by atoms with Gasteiger partial charge in [0.25, 0.3) is 0 Å². The summed E-state index contributed by atoms with van der Waals surface area (Å²) < 4.78 is 3.83. The topological polar surface area (TPSA) is 100.0 Å². The molecule has 8 heteroatoms. The van der Waals surface area contributed by atoms with Gasteiger partial charge < -0.3 is 5.11 Å². The van der Waals surface area contributed by atoms with E-state index < -0.39 is 5.97 Å². The number of carbonyl (C=O) groups is 1. The van der Waals surface area contributed by atoms with Crippen molar-refractivity contribution in [3.8, 4) is 6.07 Å². The third-order valence-electron chi connectivity index (χ3n) is 5.63. The minimum Gasteiger partial charge on any atom is -0.476 e. The maximum atomic E-state index is 11.7. The highest BCUT2D eigenvalue weighted by atomic mass is 16.4. The van der Waals surface area contributed by atoms with Crippen molar-refractivity contribution in [2.24, 2.45) is 0 Å². The number of hydrogen-bond donors (Lipinski definition) is 1. The third-order valence-corrected chi connectivity index (χ3v) is 5.63. The third kappa shape index (κ3) is 3.23. The fourth-order valence-corrected chi connectivity index (χ4v) is 4.40. The van der Waals surface area contributed by atoms with Gasteiger partial charge in [-0.25, -0.2) is 4.79 Å². The van der Waals surface area contributed by atoms with E-state index in [9.17, 15) is 9.90 Å². The molecule has 0 fully saturated rings. The van der Waals surface area contributed by atoms with E-state index in [1.165, 1.54) is 0 Å². The number of carboxylic acids is 1. The average molecular weight is 368 g/mol. The second-order valence-electron chi connectivity index (χ2n) is 7.38. The van der Waals surface area contributed by atoms with Crippen molar-refractivity contribution < 1.29 is 9.90 Å². The molecule has 0 bridgehead atoms. The van der Waals surface area contributed by atoms with Crippen LogP contribution < -0.4 is 0 Å². The SMILES string of the molecule is CCCn1nc(C(=O)O)c2c1CCC(N1CCCn3nc(C#N)cc3C1)C2. The first-order chi connectivity index (χ1) is 13.1. The zero-order valence-electron chi connectivity index (χ0n) is 15.6. The lowest BCUT2D eigenvalue weighted by atomic mass is 9.90. The molecule has 1 aliphatic carbocycles. The minimum absolute atomic E-state index is 0.217. The summed E-state index contributed by atoms with van der Waals surface area (Å²) in [5.41, 5.74) is 3.75. The summed E-state index contributed by atoms with van der Waals surface area (Å²) in [6, 6.07) is 4.28. The predicted octanol–water partition coefficient (Wildman–Crippen LogP) is 1.82. The normalized spacial score (nSPS) is 19.8. The number of carboxylic acid groups (broad SMARTS) is 1. The van der Waals surface area contributed by atoms with Crippen LogP contribution in [0.2, 0.25) is 0 Å². The van der Waals surface area contributed by atoms with Crippen LogP contribution in [0.5, 0.6) is 0 Å². The highest BCUT2D eigenvalue weighted by Crippen LogP contribution is 2.29. The van der Waals surface area contributed by atoms with Crippen molar-refractivity contribution in [2.45, 2.75) is 64.7 Å². The van der Waals surface area contributed by atoms with E-state index in [0.717, 1.165) is 75.2 Å². The molecular formula is C19H24N6O2. The molecule has 27 heavy (non-hydrogen) atoms. The molecule has 8 nitrogen and oxygen atoms in total. The van der Waals surface area contributed by atoms with Crippen molar-refractivity contribution in [3.05, 3.63) is 34.4 Å². The first-order valence-electron chi connectivity index (χ1n) is 9.63. The summed E-state index contributed by atoms with van der Waals surface area (Å²) in [4.78, 5) is 14.1. The molecule has 2 aromatic heterocycles. The van der Waals surface area contributed by atoms with Crippen molar-refractivity contribution in [1.82, 2.24) is 24.5 Å². The first-order valence-corrected chi connectivity index (χ1v) is 9.63. The molecule has 4 rings (SSSR count). The Hall–Kier alpha value is -2.66. The van der Waals surface area contributed by atoms with E-state index in [4.69, 9.17) is 5.26 Å². The quantitative estimate of drug-likeness (QED) is 0.884. The van der Waals surface area contributed by atoms with E-state index in [1.807, 2.05) is 15.4 Å². The molecule has 2 aliphatic rings. The zero-order chi connectivity index (χ0) is 19.0. The molecule has 3 heterocycles. The molecule has 1 aliphatic heterocycles. The number of aromatic carboxylic acids is 1. The highest BCUT2D eigenvalue weighted by Gasteiger charge is 2.32. The van der Waals surface area contributed by atoms with Crippen molar-refractivity contribution in [3.63, 3.8) is 0 Å². The van der Waals surface area contributed by atoms with Gasteiger partial charge in [0.05, 0.1) is 5.69 Å². The van der Waals surface area contributed by atoms with Gasteiger partial charge in [-0.2, -0.15) is 15.5 Å². The van der Waals surface area contributed by atoms with Crippen LogP contribution in [0, 0.1) is 11.3 Å². The molecule has 0 saturated carbocycles. The molecule has 2 aromatic rings. The van der Waals surface area contributed by atoms with Gasteiger partial charge in [-0.05, 0) is 38.2 Å². The van der Waals surface area contributed by atoms with Crippen LogP contribution in [-0.2, 0) is 32.5 Å². The van der Waals surface area contributed by atoms with Gasteiger partial charge >= 0.3 is 5.97 Å². The average Bonchev–Trinajstić information content (AvgIpc) is 3.16. The van der Waals surface area contributed by atoms with Crippen LogP contribution in [-0.4, -0.2) is 48.1 Å². The molecule has 1 N–H and O–H groups in total. The van der Waals surface area contributed by atoms with Gasteiger partial charge in [0.15, 0.2) is 11.4 Å². The Labute approximate surface area is 158 Å².